The van der Waals surface area contributed by atoms with Crippen molar-refractivity contribution in [2.75, 3.05) is 18.4 Å². The van der Waals surface area contributed by atoms with Gasteiger partial charge in [-0.1, -0.05) is 24.3 Å². The number of carbonyl (C=O) groups is 1. The maximum Gasteiger partial charge on any atom is 0.262 e. The van der Waals surface area contributed by atoms with Crippen molar-refractivity contribution in [2.24, 2.45) is 0 Å². The molecule has 3 aromatic rings. The average Bonchev–Trinajstić information content (AvgIpc) is 2.65. The number of pyridine rings is 1. The van der Waals surface area contributed by atoms with Crippen LogP contribution in [0.2, 0.25) is 0 Å². The van der Waals surface area contributed by atoms with Gasteiger partial charge < -0.3 is 5.32 Å². The quantitative estimate of drug-likeness (QED) is 0.763. The van der Waals surface area contributed by atoms with E-state index >= 15 is 0 Å². The third-order valence-electron chi connectivity index (χ3n) is 5.38. The molecule has 6 heteroatoms. The number of hydrogen-bond donors (Lipinski definition) is 1. The number of anilines is 1. The Morgan fingerprint density at radius 1 is 1.11 bits per heavy atom. The molecule has 144 valence electrons. The Kier molecular flexibility index (Phi) is 4.73. The van der Waals surface area contributed by atoms with Crippen LogP contribution < -0.4 is 10.9 Å². The van der Waals surface area contributed by atoms with Gasteiger partial charge in [0.2, 0.25) is 5.91 Å². The summed E-state index contributed by atoms with van der Waals surface area (Å²) in [7, 11) is 0. The molecule has 0 saturated carbocycles. The lowest BCUT2D eigenvalue weighted by molar-refractivity contribution is -0.117. The van der Waals surface area contributed by atoms with Crippen molar-refractivity contribution < 1.29 is 4.79 Å². The smallest absolute Gasteiger partial charge is 0.262 e. The minimum atomic E-state index is -0.0640. The summed E-state index contributed by atoms with van der Waals surface area (Å²) in [5, 5.41) is 3.02. The lowest BCUT2D eigenvalue weighted by atomic mass is 10.1. The van der Waals surface area contributed by atoms with Crippen LogP contribution in [0.1, 0.15) is 28.1 Å². The van der Waals surface area contributed by atoms with Crippen LogP contribution in [0.3, 0.4) is 0 Å². The van der Waals surface area contributed by atoms with Gasteiger partial charge in [0.05, 0.1) is 17.8 Å². The minimum Gasteiger partial charge on any atom is -0.324 e. The van der Waals surface area contributed by atoms with Crippen LogP contribution in [0.15, 0.2) is 41.2 Å². The van der Waals surface area contributed by atoms with E-state index in [2.05, 4.69) is 10.3 Å². The van der Waals surface area contributed by atoms with E-state index < -0.39 is 0 Å². The van der Waals surface area contributed by atoms with E-state index in [9.17, 15) is 9.59 Å². The van der Waals surface area contributed by atoms with Crippen LogP contribution >= 0.6 is 0 Å². The first-order chi connectivity index (χ1) is 13.4. The first kappa shape index (κ1) is 18.4. The van der Waals surface area contributed by atoms with Crippen molar-refractivity contribution in [1.82, 2.24) is 14.3 Å². The fourth-order valence-electron chi connectivity index (χ4n) is 3.88. The summed E-state index contributed by atoms with van der Waals surface area (Å²) in [6.45, 7) is 7.28. The molecule has 28 heavy (non-hydrogen) atoms. The van der Waals surface area contributed by atoms with E-state index in [1.807, 2.05) is 62.1 Å². The van der Waals surface area contributed by atoms with Gasteiger partial charge in [0, 0.05) is 30.9 Å². The Hall–Kier alpha value is -2.99. The monoisotopic (exact) mass is 376 g/mol. The molecule has 0 fully saturated rings. The maximum atomic E-state index is 13.0. The Bertz CT molecular complexity index is 1110. The van der Waals surface area contributed by atoms with E-state index in [4.69, 9.17) is 0 Å². The molecule has 0 unspecified atom stereocenters. The number of nitrogens with zero attached hydrogens (tertiary/aromatic N) is 3. The van der Waals surface area contributed by atoms with E-state index in [0.29, 0.717) is 30.7 Å². The number of carbonyl (C=O) groups excluding carboxylic acids is 1. The van der Waals surface area contributed by atoms with Crippen molar-refractivity contribution >= 4 is 17.2 Å². The Morgan fingerprint density at radius 3 is 2.57 bits per heavy atom. The second-order valence-corrected chi connectivity index (χ2v) is 7.48. The molecular weight excluding hydrogens is 352 g/mol. The number of amides is 1. The molecule has 0 atom stereocenters. The van der Waals surface area contributed by atoms with Crippen molar-refractivity contribution in [3.8, 4) is 0 Å². The number of nitrogens with one attached hydrogen (secondary N) is 1. The minimum absolute atomic E-state index is 0.0297. The first-order valence-electron chi connectivity index (χ1n) is 9.52. The standard InChI is InChI=1S/C22H24N4O2/c1-14-6-4-7-15(2)21(14)24-20(27)13-25-11-10-18-17(12-25)22(28)26-16(3)8-5-9-19(26)23-18/h4-9H,10-13H2,1-3H3,(H,24,27). The molecule has 0 aliphatic carbocycles. The summed E-state index contributed by atoms with van der Waals surface area (Å²) in [6.07, 6.45) is 0.672. The molecule has 6 nitrogen and oxygen atoms in total. The molecule has 0 radical (unpaired) electrons. The van der Waals surface area contributed by atoms with Crippen molar-refractivity contribution in [1.29, 1.82) is 0 Å². The summed E-state index contributed by atoms with van der Waals surface area (Å²) in [6, 6.07) is 11.6. The molecule has 0 spiro atoms. The second-order valence-electron chi connectivity index (χ2n) is 7.48. The summed E-state index contributed by atoms with van der Waals surface area (Å²) in [5.74, 6) is -0.0640. The van der Waals surface area contributed by atoms with Gasteiger partial charge in [-0.3, -0.25) is 18.9 Å². The highest BCUT2D eigenvalue weighted by atomic mass is 16.2. The zero-order valence-electron chi connectivity index (χ0n) is 16.5. The fourth-order valence-corrected chi connectivity index (χ4v) is 3.88. The highest BCUT2D eigenvalue weighted by molar-refractivity contribution is 5.93. The second kappa shape index (κ2) is 7.20. The third-order valence-corrected chi connectivity index (χ3v) is 5.38. The SMILES string of the molecule is Cc1cccc(C)c1NC(=O)CN1CCc2nc3cccc(C)n3c(=O)c2C1. The molecule has 4 rings (SSSR count). The highest BCUT2D eigenvalue weighted by Crippen LogP contribution is 2.20. The van der Waals surface area contributed by atoms with Gasteiger partial charge in [-0.15, -0.1) is 0 Å². The van der Waals surface area contributed by atoms with E-state index in [1.54, 1.807) is 4.40 Å². The number of fused-ring (bicyclic) bond motifs is 2. The molecule has 1 aliphatic rings. The summed E-state index contributed by atoms with van der Waals surface area (Å²) in [5.41, 5.74) is 6.02. The fraction of sp³-hybridized carbons (Fsp3) is 0.318. The molecule has 2 aromatic heterocycles. The van der Waals surface area contributed by atoms with Crippen LogP contribution in [-0.2, 0) is 17.8 Å². The molecule has 0 saturated heterocycles. The zero-order valence-corrected chi connectivity index (χ0v) is 16.5. The van der Waals surface area contributed by atoms with Gasteiger partial charge in [-0.2, -0.15) is 0 Å². The first-order valence-corrected chi connectivity index (χ1v) is 9.52. The summed E-state index contributed by atoms with van der Waals surface area (Å²) >= 11 is 0. The van der Waals surface area contributed by atoms with Gasteiger partial charge in [-0.05, 0) is 44.0 Å². The molecule has 1 aromatic carbocycles. The van der Waals surface area contributed by atoms with Crippen LogP contribution in [-0.4, -0.2) is 33.3 Å². The third kappa shape index (κ3) is 3.31. The number of hydrogen-bond acceptors (Lipinski definition) is 4. The lowest BCUT2D eigenvalue weighted by Gasteiger charge is -2.27. The normalized spacial score (nSPS) is 14.1. The highest BCUT2D eigenvalue weighted by Gasteiger charge is 2.23. The van der Waals surface area contributed by atoms with Crippen LogP contribution in [0.4, 0.5) is 5.69 Å². The van der Waals surface area contributed by atoms with Crippen molar-refractivity contribution in [3.63, 3.8) is 0 Å². The number of rotatable bonds is 3. The maximum absolute atomic E-state index is 13.0. The summed E-state index contributed by atoms with van der Waals surface area (Å²) < 4.78 is 1.65. The molecule has 0 bridgehead atoms. The number of benzene rings is 1. The van der Waals surface area contributed by atoms with Gasteiger partial charge in [0.15, 0.2) is 0 Å². The molecule has 3 heterocycles. The average molecular weight is 376 g/mol. The predicted octanol–water partition coefficient (Wildman–Crippen LogP) is 2.62. The van der Waals surface area contributed by atoms with Crippen LogP contribution in [0, 0.1) is 20.8 Å². The van der Waals surface area contributed by atoms with Gasteiger partial charge in [0.25, 0.3) is 5.56 Å². The molecule has 1 amide bonds. The molecule has 1 aliphatic heterocycles. The molecular formula is C22H24N4O2. The topological polar surface area (TPSA) is 66.7 Å². The molecule has 1 N–H and O–H groups in total. The number of aromatic nitrogens is 2. The Labute approximate surface area is 163 Å². The van der Waals surface area contributed by atoms with E-state index in [1.165, 1.54) is 0 Å². The Morgan fingerprint density at radius 2 is 1.82 bits per heavy atom. The zero-order chi connectivity index (χ0) is 19.8. The van der Waals surface area contributed by atoms with Crippen molar-refractivity contribution in [3.05, 3.63) is 74.8 Å². The van der Waals surface area contributed by atoms with Gasteiger partial charge >= 0.3 is 0 Å². The van der Waals surface area contributed by atoms with Crippen molar-refractivity contribution in [2.45, 2.75) is 33.7 Å². The largest absolute Gasteiger partial charge is 0.324 e. The van der Waals surface area contributed by atoms with Gasteiger partial charge in [0.1, 0.15) is 5.65 Å². The van der Waals surface area contributed by atoms with Crippen LogP contribution in [0.25, 0.3) is 5.65 Å². The van der Waals surface area contributed by atoms with E-state index in [0.717, 1.165) is 28.2 Å². The van der Waals surface area contributed by atoms with Gasteiger partial charge in [-0.25, -0.2) is 4.98 Å². The Balaban J connectivity index is 1.55. The summed E-state index contributed by atoms with van der Waals surface area (Å²) in [4.78, 5) is 32.3. The predicted molar refractivity (Wildman–Crippen MR) is 110 cm³/mol. The van der Waals surface area contributed by atoms with Crippen LogP contribution in [0.5, 0.6) is 0 Å². The number of aryl methyl sites for hydroxylation is 3. The van der Waals surface area contributed by atoms with E-state index in [-0.39, 0.29) is 18.0 Å². The lowest BCUT2D eigenvalue weighted by Crippen LogP contribution is -2.41. The number of para-hydroxylation sites is 1.